The van der Waals surface area contributed by atoms with E-state index < -0.39 is 0 Å². The van der Waals surface area contributed by atoms with Gasteiger partial charge in [0.25, 0.3) is 0 Å². The molecule has 0 radical (unpaired) electrons. The van der Waals surface area contributed by atoms with Crippen molar-refractivity contribution in [3.63, 3.8) is 0 Å². The molecule has 1 N–H and O–H groups in total. The van der Waals surface area contributed by atoms with Gasteiger partial charge < -0.3 is 15.1 Å². The van der Waals surface area contributed by atoms with Gasteiger partial charge in [-0.25, -0.2) is 4.39 Å². The number of carbonyl (C=O) groups is 2. The van der Waals surface area contributed by atoms with Crippen molar-refractivity contribution in [1.82, 2.24) is 15.1 Å². The minimum Gasteiger partial charge on any atom is -0.354 e. The number of rotatable bonds is 6. The molecular formula is C20H30FN3O2. The van der Waals surface area contributed by atoms with Crippen LogP contribution in [0.3, 0.4) is 0 Å². The predicted octanol–water partition coefficient (Wildman–Crippen LogP) is 2.44. The third kappa shape index (κ3) is 5.27. The highest BCUT2D eigenvalue weighted by Crippen LogP contribution is 2.21. The van der Waals surface area contributed by atoms with Crippen LogP contribution in [0.4, 0.5) is 4.39 Å². The van der Waals surface area contributed by atoms with Gasteiger partial charge in [0.2, 0.25) is 11.8 Å². The van der Waals surface area contributed by atoms with Crippen molar-refractivity contribution >= 4 is 11.8 Å². The van der Waals surface area contributed by atoms with Gasteiger partial charge in [-0.15, -0.1) is 0 Å². The molecule has 26 heavy (non-hydrogen) atoms. The van der Waals surface area contributed by atoms with Crippen LogP contribution in [0.5, 0.6) is 0 Å². The van der Waals surface area contributed by atoms with E-state index in [1.54, 1.807) is 6.07 Å². The number of amides is 2. The third-order valence-electron chi connectivity index (χ3n) is 5.00. The van der Waals surface area contributed by atoms with Crippen LogP contribution in [0.25, 0.3) is 0 Å². The van der Waals surface area contributed by atoms with Crippen LogP contribution >= 0.6 is 0 Å². The molecule has 144 valence electrons. The lowest BCUT2D eigenvalue weighted by atomic mass is 9.95. The molecule has 1 unspecified atom stereocenters. The van der Waals surface area contributed by atoms with E-state index in [1.165, 1.54) is 12.1 Å². The SMILES string of the molecule is CC(C)C(=O)N1CCC(C(=O)NCC(c2cccc(F)c2)N(C)C)CC1. The molecule has 1 saturated heterocycles. The third-order valence-corrected chi connectivity index (χ3v) is 5.00. The van der Waals surface area contributed by atoms with Crippen LogP contribution in [-0.2, 0) is 9.59 Å². The minimum atomic E-state index is -0.275. The lowest BCUT2D eigenvalue weighted by molar-refractivity contribution is -0.138. The topological polar surface area (TPSA) is 52.7 Å². The molecule has 5 nitrogen and oxygen atoms in total. The van der Waals surface area contributed by atoms with Crippen LogP contribution < -0.4 is 5.32 Å². The fraction of sp³-hybridized carbons (Fsp3) is 0.600. The van der Waals surface area contributed by atoms with E-state index in [0.717, 1.165) is 5.56 Å². The second-order valence-corrected chi connectivity index (χ2v) is 7.53. The van der Waals surface area contributed by atoms with Gasteiger partial charge in [0.05, 0.1) is 6.04 Å². The number of carbonyl (C=O) groups excluding carboxylic acids is 2. The van der Waals surface area contributed by atoms with E-state index in [9.17, 15) is 14.0 Å². The van der Waals surface area contributed by atoms with Crippen molar-refractivity contribution < 1.29 is 14.0 Å². The van der Waals surface area contributed by atoms with Crippen LogP contribution in [-0.4, -0.2) is 55.3 Å². The molecule has 0 bridgehead atoms. The zero-order valence-electron chi connectivity index (χ0n) is 16.2. The Morgan fingerprint density at radius 2 is 1.92 bits per heavy atom. The average Bonchev–Trinajstić information content (AvgIpc) is 2.61. The monoisotopic (exact) mass is 363 g/mol. The Kier molecular flexibility index (Phi) is 7.14. The summed E-state index contributed by atoms with van der Waals surface area (Å²) in [5, 5.41) is 3.01. The van der Waals surface area contributed by atoms with Crippen LogP contribution in [0.15, 0.2) is 24.3 Å². The number of nitrogens with zero attached hydrogens (tertiary/aromatic N) is 2. The minimum absolute atomic E-state index is 0.00695. The first-order valence-electron chi connectivity index (χ1n) is 9.28. The molecule has 0 saturated carbocycles. The van der Waals surface area contributed by atoms with Crippen molar-refractivity contribution in [2.24, 2.45) is 11.8 Å². The van der Waals surface area contributed by atoms with Gasteiger partial charge in [0, 0.05) is 31.5 Å². The van der Waals surface area contributed by atoms with E-state index in [-0.39, 0.29) is 35.5 Å². The molecule has 2 amide bonds. The quantitative estimate of drug-likeness (QED) is 0.845. The van der Waals surface area contributed by atoms with E-state index >= 15 is 0 Å². The first-order valence-corrected chi connectivity index (χ1v) is 9.28. The maximum Gasteiger partial charge on any atom is 0.225 e. The second-order valence-electron chi connectivity index (χ2n) is 7.53. The molecule has 1 aliphatic heterocycles. The lowest BCUT2D eigenvalue weighted by Crippen LogP contribution is -2.45. The summed E-state index contributed by atoms with van der Waals surface area (Å²) in [5.74, 6) is -0.176. The summed E-state index contributed by atoms with van der Waals surface area (Å²) in [7, 11) is 3.83. The van der Waals surface area contributed by atoms with Gasteiger partial charge in [-0.1, -0.05) is 26.0 Å². The Morgan fingerprint density at radius 1 is 1.27 bits per heavy atom. The molecule has 1 atom stereocenters. The first kappa shape index (κ1) is 20.4. The fourth-order valence-electron chi connectivity index (χ4n) is 3.38. The Balaban J connectivity index is 1.88. The molecule has 0 spiro atoms. The number of benzene rings is 1. The van der Waals surface area contributed by atoms with Crippen molar-refractivity contribution in [3.05, 3.63) is 35.6 Å². The number of piperidine rings is 1. The van der Waals surface area contributed by atoms with E-state index in [2.05, 4.69) is 5.32 Å². The molecule has 1 fully saturated rings. The summed E-state index contributed by atoms with van der Waals surface area (Å²) >= 11 is 0. The Labute approximate surface area is 155 Å². The van der Waals surface area contributed by atoms with Gasteiger partial charge in [0.1, 0.15) is 5.82 Å². The van der Waals surface area contributed by atoms with Gasteiger partial charge in [-0.3, -0.25) is 9.59 Å². The van der Waals surface area contributed by atoms with Crippen LogP contribution in [0.1, 0.15) is 38.3 Å². The molecule has 1 aromatic carbocycles. The molecular weight excluding hydrogens is 333 g/mol. The molecule has 1 aliphatic rings. The summed E-state index contributed by atoms with van der Waals surface area (Å²) in [6, 6.07) is 6.39. The number of nitrogens with one attached hydrogen (secondary N) is 1. The number of likely N-dealkylation sites (N-methyl/N-ethyl adjacent to an activating group) is 1. The average molecular weight is 363 g/mol. The molecule has 1 heterocycles. The van der Waals surface area contributed by atoms with Gasteiger partial charge in [-0.05, 0) is 44.6 Å². The summed E-state index contributed by atoms with van der Waals surface area (Å²) in [4.78, 5) is 28.4. The van der Waals surface area contributed by atoms with E-state index in [0.29, 0.717) is 32.5 Å². The first-order chi connectivity index (χ1) is 12.3. The summed E-state index contributed by atoms with van der Waals surface area (Å²) in [5.41, 5.74) is 0.840. The number of hydrogen-bond acceptors (Lipinski definition) is 3. The largest absolute Gasteiger partial charge is 0.354 e. The second kappa shape index (κ2) is 9.12. The Hall–Kier alpha value is -1.95. The molecule has 6 heteroatoms. The van der Waals surface area contributed by atoms with Crippen molar-refractivity contribution in [3.8, 4) is 0 Å². The highest BCUT2D eigenvalue weighted by Gasteiger charge is 2.28. The van der Waals surface area contributed by atoms with Crippen molar-refractivity contribution in [1.29, 1.82) is 0 Å². The fourth-order valence-corrected chi connectivity index (χ4v) is 3.38. The standard InChI is InChI=1S/C20H30FN3O2/c1-14(2)20(26)24-10-8-15(9-11-24)19(25)22-13-18(23(3)4)16-6-5-7-17(21)12-16/h5-7,12,14-15,18H,8-11,13H2,1-4H3,(H,22,25). The predicted molar refractivity (Wildman–Crippen MR) is 100.0 cm³/mol. The smallest absolute Gasteiger partial charge is 0.225 e. The highest BCUT2D eigenvalue weighted by atomic mass is 19.1. The van der Waals surface area contributed by atoms with Crippen molar-refractivity contribution in [2.45, 2.75) is 32.7 Å². The molecule has 0 aromatic heterocycles. The maximum atomic E-state index is 13.5. The lowest BCUT2D eigenvalue weighted by Gasteiger charge is -2.33. The van der Waals surface area contributed by atoms with Crippen molar-refractivity contribution in [2.75, 3.05) is 33.7 Å². The van der Waals surface area contributed by atoms with E-state index in [4.69, 9.17) is 0 Å². The zero-order chi connectivity index (χ0) is 19.3. The normalized spacial score (nSPS) is 16.8. The molecule has 1 aromatic rings. The summed E-state index contributed by atoms with van der Waals surface area (Å²) < 4.78 is 13.5. The zero-order valence-corrected chi connectivity index (χ0v) is 16.2. The van der Waals surface area contributed by atoms with Crippen LogP contribution in [0, 0.1) is 17.7 Å². The summed E-state index contributed by atoms with van der Waals surface area (Å²) in [6.45, 7) is 5.50. The molecule has 0 aliphatic carbocycles. The van der Waals surface area contributed by atoms with Gasteiger partial charge in [-0.2, -0.15) is 0 Å². The van der Waals surface area contributed by atoms with E-state index in [1.807, 2.05) is 43.8 Å². The highest BCUT2D eigenvalue weighted by molar-refractivity contribution is 5.80. The van der Waals surface area contributed by atoms with Gasteiger partial charge in [0.15, 0.2) is 0 Å². The Bertz CT molecular complexity index is 625. The number of likely N-dealkylation sites (tertiary alicyclic amines) is 1. The number of halogens is 1. The molecule has 2 rings (SSSR count). The summed E-state index contributed by atoms with van der Waals surface area (Å²) in [6.07, 6.45) is 1.38. The van der Waals surface area contributed by atoms with Gasteiger partial charge >= 0.3 is 0 Å². The number of hydrogen-bond donors (Lipinski definition) is 1. The Morgan fingerprint density at radius 3 is 2.46 bits per heavy atom. The van der Waals surface area contributed by atoms with Crippen LogP contribution in [0.2, 0.25) is 0 Å². The maximum absolute atomic E-state index is 13.5.